The summed E-state index contributed by atoms with van der Waals surface area (Å²) in [4.78, 5) is 1.22. The maximum Gasteiger partial charge on any atom is 0.255 e. The Morgan fingerprint density at radius 1 is 1.06 bits per heavy atom. The van der Waals surface area contributed by atoms with Gasteiger partial charge in [0.05, 0.1) is 23.5 Å². The zero-order valence-electron chi connectivity index (χ0n) is 18.2. The summed E-state index contributed by atoms with van der Waals surface area (Å²) >= 11 is 3.72. The van der Waals surface area contributed by atoms with Gasteiger partial charge in [0.25, 0.3) is 10.0 Å². The van der Waals surface area contributed by atoms with Crippen molar-refractivity contribution in [3.8, 4) is 5.75 Å². The van der Waals surface area contributed by atoms with E-state index in [2.05, 4.69) is 58.5 Å². The van der Waals surface area contributed by atoms with E-state index >= 15 is 0 Å². The third kappa shape index (κ3) is 5.03. The summed E-state index contributed by atoms with van der Waals surface area (Å²) in [6.07, 6.45) is 0. The quantitative estimate of drug-likeness (QED) is 0.365. The van der Waals surface area contributed by atoms with E-state index in [9.17, 15) is 13.5 Å². The van der Waals surface area contributed by atoms with E-state index in [0.717, 1.165) is 27.4 Å². The van der Waals surface area contributed by atoms with E-state index < -0.39 is 10.0 Å². The second-order valence-corrected chi connectivity index (χ2v) is 12.7. The number of aromatic nitrogens is 2. The SMILES string of the molecule is CC(C)c1csc([C@H](Nc2nsnc2Nc2csc(S(=O)(=O)N(C)C)c2O)C(C)C)c1. The Balaban J connectivity index is 1.85. The molecular formula is C19H27N5O3S4. The molecule has 3 aromatic heterocycles. The van der Waals surface area contributed by atoms with Crippen LogP contribution in [0, 0.1) is 5.92 Å². The number of aromatic hydroxyl groups is 1. The maximum atomic E-state index is 12.4. The predicted molar refractivity (Wildman–Crippen MR) is 130 cm³/mol. The average molecular weight is 502 g/mol. The van der Waals surface area contributed by atoms with Crippen molar-refractivity contribution in [1.82, 2.24) is 13.1 Å². The zero-order chi connectivity index (χ0) is 22.9. The van der Waals surface area contributed by atoms with E-state index in [1.807, 2.05) is 0 Å². The van der Waals surface area contributed by atoms with E-state index in [1.165, 1.54) is 24.5 Å². The lowest BCUT2D eigenvalue weighted by Gasteiger charge is -2.21. The number of anilines is 3. The lowest BCUT2D eigenvalue weighted by Crippen LogP contribution is -2.21. The van der Waals surface area contributed by atoms with Crippen LogP contribution in [0.25, 0.3) is 0 Å². The first kappa shape index (κ1) is 23.9. The van der Waals surface area contributed by atoms with Crippen LogP contribution in [0.15, 0.2) is 21.0 Å². The highest BCUT2D eigenvalue weighted by Gasteiger charge is 2.27. The standard InChI is InChI=1S/C19H27N5O3S4/c1-10(2)12-7-14(28-8-12)15(11(3)4)21-18-17(22-30-23-18)20-13-9-29-19(16(13)25)31(26,27)24(5)6/h7-11,15,25H,1-6H3,(H,20,22)(H,21,23)/t15-/m1/s1. The maximum absolute atomic E-state index is 12.4. The summed E-state index contributed by atoms with van der Waals surface area (Å²) in [5, 5.41) is 20.7. The van der Waals surface area contributed by atoms with Gasteiger partial charge in [-0.05, 0) is 28.8 Å². The molecule has 3 heterocycles. The van der Waals surface area contributed by atoms with Crippen molar-refractivity contribution in [2.24, 2.45) is 5.92 Å². The third-order valence-corrected chi connectivity index (χ3v) is 9.63. The molecule has 3 aromatic rings. The smallest absolute Gasteiger partial charge is 0.255 e. The van der Waals surface area contributed by atoms with Crippen molar-refractivity contribution < 1.29 is 13.5 Å². The van der Waals surface area contributed by atoms with E-state index in [4.69, 9.17) is 0 Å². The number of sulfonamides is 1. The lowest BCUT2D eigenvalue weighted by atomic mass is 10.00. The summed E-state index contributed by atoms with van der Waals surface area (Å²) in [6.45, 7) is 8.63. The van der Waals surface area contributed by atoms with Gasteiger partial charge in [0.2, 0.25) is 0 Å². The van der Waals surface area contributed by atoms with Crippen molar-refractivity contribution in [3.05, 3.63) is 27.3 Å². The number of hydrogen-bond acceptors (Lipinski definition) is 10. The first-order chi connectivity index (χ1) is 14.5. The van der Waals surface area contributed by atoms with Gasteiger partial charge in [0, 0.05) is 24.4 Å². The molecule has 0 aromatic carbocycles. The Bertz CT molecular complexity index is 1130. The van der Waals surface area contributed by atoms with Crippen LogP contribution in [0.2, 0.25) is 0 Å². The molecule has 3 N–H and O–H groups in total. The summed E-state index contributed by atoms with van der Waals surface area (Å²) in [5.41, 5.74) is 1.58. The minimum Gasteiger partial charge on any atom is -0.504 e. The summed E-state index contributed by atoms with van der Waals surface area (Å²) in [6, 6.07) is 2.27. The van der Waals surface area contributed by atoms with E-state index in [-0.39, 0.29) is 21.7 Å². The Labute approximate surface area is 195 Å². The highest BCUT2D eigenvalue weighted by Crippen LogP contribution is 2.41. The molecule has 12 heteroatoms. The molecular weight excluding hydrogens is 475 g/mol. The summed E-state index contributed by atoms with van der Waals surface area (Å²) in [7, 11) is -0.881. The van der Waals surface area contributed by atoms with Gasteiger partial charge in [-0.2, -0.15) is 8.75 Å². The zero-order valence-corrected chi connectivity index (χ0v) is 21.5. The average Bonchev–Trinajstić information content (AvgIpc) is 3.41. The fourth-order valence-corrected chi connectivity index (χ4v) is 6.96. The molecule has 3 rings (SSSR count). The van der Waals surface area contributed by atoms with Gasteiger partial charge in [-0.1, -0.05) is 27.7 Å². The fraction of sp³-hybridized carbons (Fsp3) is 0.474. The van der Waals surface area contributed by atoms with Gasteiger partial charge in [-0.15, -0.1) is 22.7 Å². The van der Waals surface area contributed by atoms with Gasteiger partial charge in [0.15, 0.2) is 21.6 Å². The fourth-order valence-electron chi connectivity index (χ4n) is 2.81. The van der Waals surface area contributed by atoms with Crippen LogP contribution < -0.4 is 10.6 Å². The molecule has 8 nitrogen and oxygen atoms in total. The van der Waals surface area contributed by atoms with Gasteiger partial charge >= 0.3 is 0 Å². The summed E-state index contributed by atoms with van der Waals surface area (Å²) in [5.74, 6) is 1.45. The van der Waals surface area contributed by atoms with E-state index in [0.29, 0.717) is 23.5 Å². The second kappa shape index (κ2) is 9.41. The van der Waals surface area contributed by atoms with Gasteiger partial charge in [-0.25, -0.2) is 12.7 Å². The first-order valence-electron chi connectivity index (χ1n) is 9.69. The van der Waals surface area contributed by atoms with Gasteiger partial charge < -0.3 is 15.7 Å². The largest absolute Gasteiger partial charge is 0.504 e. The highest BCUT2D eigenvalue weighted by molar-refractivity contribution is 7.91. The number of thiophene rings is 2. The minimum absolute atomic E-state index is 0.0442. The molecule has 1 atom stereocenters. The van der Waals surface area contributed by atoms with Crippen LogP contribution in [0.5, 0.6) is 5.75 Å². The van der Waals surface area contributed by atoms with Crippen LogP contribution in [0.4, 0.5) is 17.3 Å². The van der Waals surface area contributed by atoms with Crippen molar-refractivity contribution >= 4 is 61.7 Å². The van der Waals surface area contributed by atoms with Crippen LogP contribution in [0.1, 0.15) is 50.1 Å². The molecule has 0 bridgehead atoms. The predicted octanol–water partition coefficient (Wildman–Crippen LogP) is 5.29. The molecule has 0 amide bonds. The molecule has 0 spiro atoms. The highest BCUT2D eigenvalue weighted by atomic mass is 32.2. The van der Waals surface area contributed by atoms with Gasteiger partial charge in [0.1, 0.15) is 0 Å². The Kier molecular flexibility index (Phi) is 7.26. The molecule has 0 aliphatic carbocycles. The molecule has 0 saturated heterocycles. The van der Waals surface area contributed by atoms with Crippen molar-refractivity contribution in [3.63, 3.8) is 0 Å². The third-order valence-electron chi connectivity index (χ3n) is 4.76. The molecule has 0 fully saturated rings. The van der Waals surface area contributed by atoms with E-state index in [1.54, 1.807) is 16.7 Å². The second-order valence-electron chi connectivity index (χ2n) is 7.96. The number of hydrogen-bond donors (Lipinski definition) is 3. The van der Waals surface area contributed by atoms with Gasteiger partial charge in [-0.3, -0.25) is 0 Å². The Morgan fingerprint density at radius 3 is 2.32 bits per heavy atom. The molecule has 31 heavy (non-hydrogen) atoms. The molecule has 0 aliphatic heterocycles. The van der Waals surface area contributed by atoms with Crippen LogP contribution in [-0.2, 0) is 10.0 Å². The topological polar surface area (TPSA) is 107 Å². The Morgan fingerprint density at radius 2 is 1.74 bits per heavy atom. The number of nitrogens with one attached hydrogen (secondary N) is 2. The molecule has 0 radical (unpaired) electrons. The lowest BCUT2D eigenvalue weighted by molar-refractivity contribution is 0.460. The van der Waals surface area contributed by atoms with Crippen LogP contribution in [0.3, 0.4) is 0 Å². The minimum atomic E-state index is -3.73. The molecule has 0 saturated carbocycles. The normalized spacial score (nSPS) is 13.3. The molecule has 0 unspecified atom stereocenters. The van der Waals surface area contributed by atoms with Crippen LogP contribution in [-0.4, -0.2) is 40.7 Å². The first-order valence-corrected chi connectivity index (χ1v) is 13.6. The monoisotopic (exact) mass is 501 g/mol. The van der Waals surface area contributed by atoms with Crippen molar-refractivity contribution in [2.45, 2.75) is 43.9 Å². The molecule has 170 valence electrons. The number of rotatable bonds is 9. The summed E-state index contributed by atoms with van der Waals surface area (Å²) < 4.78 is 34.4. The number of nitrogens with zero attached hydrogens (tertiary/aromatic N) is 3. The van der Waals surface area contributed by atoms with Crippen molar-refractivity contribution in [1.29, 1.82) is 0 Å². The Hall–Kier alpha value is -1.73. The van der Waals surface area contributed by atoms with Crippen molar-refractivity contribution in [2.75, 3.05) is 24.7 Å². The molecule has 0 aliphatic rings. The van der Waals surface area contributed by atoms with Crippen LogP contribution >= 0.6 is 34.4 Å².